The molecule has 3 rings (SSSR count). The number of hydrogen-bond donors (Lipinski definition) is 1. The lowest BCUT2D eigenvalue weighted by atomic mass is 9.78. The monoisotopic (exact) mass is 277 g/mol. The molecule has 1 aromatic rings. The molecule has 0 aliphatic heterocycles. The second-order valence-electron chi connectivity index (χ2n) is 6.69. The van der Waals surface area contributed by atoms with Crippen LogP contribution in [0.15, 0.2) is 18.2 Å². The van der Waals surface area contributed by atoms with Gasteiger partial charge in [0.1, 0.15) is 0 Å². The Hall–Kier alpha value is -1.09. The van der Waals surface area contributed by atoms with Gasteiger partial charge < -0.3 is 10.1 Å². The van der Waals surface area contributed by atoms with Crippen molar-refractivity contribution in [1.29, 1.82) is 0 Å². The molecule has 1 atom stereocenters. The van der Waals surface area contributed by atoms with Gasteiger partial charge in [0.15, 0.2) is 11.6 Å². The fourth-order valence-electron chi connectivity index (χ4n) is 3.08. The van der Waals surface area contributed by atoms with Crippen LogP contribution in [0.1, 0.15) is 38.2 Å². The van der Waals surface area contributed by atoms with Crippen molar-refractivity contribution in [2.75, 3.05) is 13.7 Å². The number of rotatable bonds is 7. The summed E-state index contributed by atoms with van der Waals surface area (Å²) in [5.41, 5.74) is 0.951. The molecule has 2 saturated carbocycles. The molecule has 0 bridgehead atoms. The SMILES string of the molecule is COc1cccc(CC(C)(CNC2CC2)C2CC2)c1F. The van der Waals surface area contributed by atoms with Crippen LogP contribution in [0, 0.1) is 17.2 Å². The molecule has 110 valence electrons. The lowest BCUT2D eigenvalue weighted by molar-refractivity contribution is 0.251. The summed E-state index contributed by atoms with van der Waals surface area (Å²) >= 11 is 0. The number of ether oxygens (including phenoxy) is 1. The van der Waals surface area contributed by atoms with Gasteiger partial charge in [-0.05, 0) is 55.1 Å². The maximum Gasteiger partial charge on any atom is 0.168 e. The molecule has 2 aliphatic carbocycles. The predicted octanol–water partition coefficient (Wildman–Crippen LogP) is 3.55. The van der Waals surface area contributed by atoms with Crippen molar-refractivity contribution in [2.24, 2.45) is 11.3 Å². The fraction of sp³-hybridized carbons (Fsp3) is 0.647. The molecule has 20 heavy (non-hydrogen) atoms. The first-order chi connectivity index (χ1) is 9.62. The molecular formula is C17H24FNO. The third-order valence-electron chi connectivity index (χ3n) is 4.79. The fourth-order valence-corrected chi connectivity index (χ4v) is 3.08. The van der Waals surface area contributed by atoms with Gasteiger partial charge in [0.2, 0.25) is 0 Å². The van der Waals surface area contributed by atoms with Crippen molar-refractivity contribution < 1.29 is 9.13 Å². The summed E-state index contributed by atoms with van der Waals surface area (Å²) in [6.07, 6.45) is 5.96. The highest BCUT2D eigenvalue weighted by Crippen LogP contribution is 2.47. The normalized spacial score (nSPS) is 21.6. The number of nitrogens with one attached hydrogen (secondary N) is 1. The third kappa shape index (κ3) is 2.98. The molecule has 2 fully saturated rings. The van der Waals surface area contributed by atoms with Crippen molar-refractivity contribution in [1.82, 2.24) is 5.32 Å². The van der Waals surface area contributed by atoms with Crippen LogP contribution in [0.25, 0.3) is 0 Å². The summed E-state index contributed by atoms with van der Waals surface area (Å²) in [6.45, 7) is 3.30. The molecule has 1 unspecified atom stereocenters. The standard InChI is InChI=1S/C17H24FNO/c1-17(13-6-7-13,11-19-14-8-9-14)10-12-4-3-5-15(20-2)16(12)18/h3-5,13-14,19H,6-11H2,1-2H3. The van der Waals surface area contributed by atoms with Gasteiger partial charge in [-0.3, -0.25) is 0 Å². The quantitative estimate of drug-likeness (QED) is 0.823. The van der Waals surface area contributed by atoms with Gasteiger partial charge in [-0.2, -0.15) is 0 Å². The Balaban J connectivity index is 1.75. The van der Waals surface area contributed by atoms with Gasteiger partial charge in [-0.25, -0.2) is 4.39 Å². The van der Waals surface area contributed by atoms with Crippen molar-refractivity contribution >= 4 is 0 Å². The van der Waals surface area contributed by atoms with E-state index in [1.54, 1.807) is 6.07 Å². The maximum absolute atomic E-state index is 14.4. The summed E-state index contributed by atoms with van der Waals surface area (Å²) in [6, 6.07) is 6.19. The van der Waals surface area contributed by atoms with Crippen LogP contribution in [0.4, 0.5) is 4.39 Å². The minimum atomic E-state index is -0.187. The largest absolute Gasteiger partial charge is 0.494 e. The zero-order valence-corrected chi connectivity index (χ0v) is 12.4. The van der Waals surface area contributed by atoms with Gasteiger partial charge in [0, 0.05) is 12.6 Å². The Bertz CT molecular complexity index is 482. The Morgan fingerprint density at radius 1 is 1.30 bits per heavy atom. The lowest BCUT2D eigenvalue weighted by Gasteiger charge is -2.31. The van der Waals surface area contributed by atoms with Crippen LogP contribution in [-0.4, -0.2) is 19.7 Å². The highest BCUT2D eigenvalue weighted by atomic mass is 19.1. The average Bonchev–Trinajstić information content (AvgIpc) is 3.30. The van der Waals surface area contributed by atoms with Gasteiger partial charge in [-0.1, -0.05) is 19.1 Å². The molecule has 3 heteroatoms. The predicted molar refractivity (Wildman–Crippen MR) is 78.5 cm³/mol. The van der Waals surface area contributed by atoms with Crippen LogP contribution in [0.2, 0.25) is 0 Å². The van der Waals surface area contributed by atoms with E-state index in [4.69, 9.17) is 4.74 Å². The first-order valence-corrected chi connectivity index (χ1v) is 7.67. The Kier molecular flexibility index (Phi) is 3.72. The summed E-state index contributed by atoms with van der Waals surface area (Å²) in [7, 11) is 1.52. The van der Waals surface area contributed by atoms with Gasteiger partial charge in [0.25, 0.3) is 0 Å². The maximum atomic E-state index is 14.4. The zero-order chi connectivity index (χ0) is 14.2. The topological polar surface area (TPSA) is 21.3 Å². The van der Waals surface area contributed by atoms with Gasteiger partial charge in [-0.15, -0.1) is 0 Å². The van der Waals surface area contributed by atoms with Crippen molar-refractivity contribution in [3.8, 4) is 5.75 Å². The number of hydrogen-bond acceptors (Lipinski definition) is 2. The van der Waals surface area contributed by atoms with E-state index < -0.39 is 0 Å². The molecule has 0 radical (unpaired) electrons. The number of benzene rings is 1. The van der Waals surface area contributed by atoms with E-state index in [0.717, 1.165) is 24.4 Å². The minimum Gasteiger partial charge on any atom is -0.494 e. The molecule has 0 aromatic heterocycles. The highest BCUT2D eigenvalue weighted by Gasteiger charge is 2.42. The smallest absolute Gasteiger partial charge is 0.168 e. The Morgan fingerprint density at radius 3 is 2.65 bits per heavy atom. The Morgan fingerprint density at radius 2 is 2.05 bits per heavy atom. The lowest BCUT2D eigenvalue weighted by Crippen LogP contribution is -2.36. The van der Waals surface area contributed by atoms with Gasteiger partial charge in [0.05, 0.1) is 7.11 Å². The van der Waals surface area contributed by atoms with Crippen molar-refractivity contribution in [3.63, 3.8) is 0 Å². The van der Waals surface area contributed by atoms with E-state index in [1.807, 2.05) is 12.1 Å². The van der Waals surface area contributed by atoms with Gasteiger partial charge >= 0.3 is 0 Å². The molecular weight excluding hydrogens is 253 g/mol. The summed E-state index contributed by atoms with van der Waals surface area (Å²) in [5, 5.41) is 3.63. The van der Waals surface area contributed by atoms with E-state index in [2.05, 4.69) is 12.2 Å². The molecule has 0 heterocycles. The second kappa shape index (κ2) is 5.36. The molecule has 1 aromatic carbocycles. The second-order valence-corrected chi connectivity index (χ2v) is 6.69. The first kappa shape index (κ1) is 13.9. The molecule has 0 spiro atoms. The van der Waals surface area contributed by atoms with E-state index in [-0.39, 0.29) is 11.2 Å². The van der Waals surface area contributed by atoms with Crippen molar-refractivity contribution in [3.05, 3.63) is 29.6 Å². The first-order valence-electron chi connectivity index (χ1n) is 7.67. The molecule has 2 aliphatic rings. The molecule has 0 amide bonds. The van der Waals surface area contributed by atoms with E-state index in [1.165, 1.54) is 32.8 Å². The Labute approximate surface area is 120 Å². The van der Waals surface area contributed by atoms with Crippen LogP contribution >= 0.6 is 0 Å². The molecule has 1 N–H and O–H groups in total. The highest BCUT2D eigenvalue weighted by molar-refractivity contribution is 5.32. The summed E-state index contributed by atoms with van der Waals surface area (Å²) < 4.78 is 19.4. The summed E-state index contributed by atoms with van der Waals surface area (Å²) in [5.74, 6) is 0.906. The van der Waals surface area contributed by atoms with E-state index in [0.29, 0.717) is 11.8 Å². The number of halogens is 1. The van der Waals surface area contributed by atoms with E-state index >= 15 is 0 Å². The number of methoxy groups -OCH3 is 1. The van der Waals surface area contributed by atoms with Crippen molar-refractivity contribution in [2.45, 2.75) is 45.1 Å². The van der Waals surface area contributed by atoms with Crippen LogP contribution in [0.5, 0.6) is 5.75 Å². The third-order valence-corrected chi connectivity index (χ3v) is 4.79. The molecule has 0 saturated heterocycles. The minimum absolute atomic E-state index is 0.162. The summed E-state index contributed by atoms with van der Waals surface area (Å²) in [4.78, 5) is 0. The molecule has 2 nitrogen and oxygen atoms in total. The van der Waals surface area contributed by atoms with Crippen LogP contribution in [-0.2, 0) is 6.42 Å². The van der Waals surface area contributed by atoms with Crippen LogP contribution < -0.4 is 10.1 Å². The average molecular weight is 277 g/mol. The van der Waals surface area contributed by atoms with E-state index in [9.17, 15) is 4.39 Å². The van der Waals surface area contributed by atoms with Crippen LogP contribution in [0.3, 0.4) is 0 Å². The zero-order valence-electron chi connectivity index (χ0n) is 12.4.